The third-order valence-electron chi connectivity index (χ3n) is 6.86. The molecule has 1 N–H and O–H groups in total. The number of halogens is 4. The predicted molar refractivity (Wildman–Crippen MR) is 185 cm³/mol. The van der Waals surface area contributed by atoms with E-state index in [1.807, 2.05) is 30.3 Å². The number of hydrogen-bond donors (Lipinski definition) is 1. The zero-order valence-electron chi connectivity index (χ0n) is 25.7. The molecule has 0 saturated heterocycles. The van der Waals surface area contributed by atoms with Gasteiger partial charge in [0.2, 0.25) is 0 Å². The fourth-order valence-electron chi connectivity index (χ4n) is 4.68. The van der Waals surface area contributed by atoms with Crippen molar-refractivity contribution >= 4 is 23.8 Å². The zero-order valence-corrected chi connectivity index (χ0v) is 29.1. The molecule has 7 rings (SSSR count). The Bertz CT molecular complexity index is 1920. The summed E-state index contributed by atoms with van der Waals surface area (Å²) >= 11 is 0. The number of aromatic hydroxyl groups is 1. The molecule has 0 aliphatic heterocycles. The molecule has 1 radical (unpaired) electrons. The minimum Gasteiger partial charge on any atom is -0.504 e. The van der Waals surface area contributed by atoms with Gasteiger partial charge in [-0.25, -0.2) is 0 Å². The summed E-state index contributed by atoms with van der Waals surface area (Å²) in [5.74, 6) is -2.19. The molecule has 0 aliphatic carbocycles. The van der Waals surface area contributed by atoms with Crippen LogP contribution in [0.15, 0.2) is 158 Å². The molecule has 0 amide bonds. The van der Waals surface area contributed by atoms with Gasteiger partial charge in [-0.2, -0.15) is 0 Å². The van der Waals surface area contributed by atoms with Crippen molar-refractivity contribution in [2.45, 2.75) is 0 Å². The monoisotopic (exact) mass is 852 g/mol. The van der Waals surface area contributed by atoms with Crippen LogP contribution in [0.5, 0.6) is 5.75 Å². The van der Waals surface area contributed by atoms with Gasteiger partial charge in [0.05, 0.1) is 0 Å². The van der Waals surface area contributed by atoms with E-state index in [-0.39, 0.29) is 31.2 Å². The number of pyridine rings is 2. The van der Waals surface area contributed by atoms with E-state index < -0.39 is 31.2 Å². The van der Waals surface area contributed by atoms with E-state index in [1.54, 1.807) is 54.9 Å². The van der Waals surface area contributed by atoms with Crippen LogP contribution >= 0.6 is 7.92 Å². The molecule has 0 atom stereocenters. The summed E-state index contributed by atoms with van der Waals surface area (Å²) in [6, 6.07) is 47.6. The Morgan fingerprint density at radius 2 is 0.918 bits per heavy atom. The van der Waals surface area contributed by atoms with Crippen LogP contribution in [0.1, 0.15) is 0 Å². The van der Waals surface area contributed by atoms with Crippen LogP contribution in [0.2, 0.25) is 0 Å². The van der Waals surface area contributed by atoms with Gasteiger partial charge < -0.3 is 15.1 Å². The maximum atomic E-state index is 13.2. The van der Waals surface area contributed by atoms with Gasteiger partial charge >= 0.3 is 0 Å². The average molecular weight is 852 g/mol. The van der Waals surface area contributed by atoms with E-state index >= 15 is 0 Å². The normalized spacial score (nSPS) is 10.1. The summed E-state index contributed by atoms with van der Waals surface area (Å²) in [7, 11) is -1.16. The Balaban J connectivity index is 0.000000168. The summed E-state index contributed by atoms with van der Waals surface area (Å²) in [5, 5.41) is 13.8. The van der Waals surface area contributed by atoms with E-state index in [2.05, 4.69) is 70.6 Å². The fraction of sp³-hybridized carbons (Fsp3) is 0. The number of aromatic nitrogens is 2. The van der Waals surface area contributed by atoms with Gasteiger partial charge in [0, 0.05) is 55.8 Å². The molecular formula is C40H28F4IrN2OP-. The molecule has 247 valence electrons. The van der Waals surface area contributed by atoms with Crippen LogP contribution in [0.4, 0.5) is 17.6 Å². The summed E-state index contributed by atoms with van der Waals surface area (Å²) in [4.78, 5) is 7.89. The van der Waals surface area contributed by atoms with Crippen LogP contribution < -0.4 is 15.9 Å². The number of rotatable bonds is 5. The van der Waals surface area contributed by atoms with Crippen molar-refractivity contribution < 1.29 is 42.8 Å². The molecule has 2 heterocycles. The van der Waals surface area contributed by atoms with E-state index in [9.17, 15) is 22.7 Å². The van der Waals surface area contributed by atoms with Gasteiger partial charge in [0.1, 0.15) is 23.8 Å². The topological polar surface area (TPSA) is 46.0 Å². The molecule has 2 aromatic heterocycles. The Hall–Kier alpha value is -5.00. The first-order valence-electron chi connectivity index (χ1n) is 14.7. The molecule has 0 saturated carbocycles. The second kappa shape index (κ2) is 18.5. The smallest absolute Gasteiger partial charge is 0.158 e. The van der Waals surface area contributed by atoms with Gasteiger partial charge in [0.25, 0.3) is 0 Å². The van der Waals surface area contributed by atoms with Gasteiger partial charge in [-0.05, 0) is 59.9 Å². The molecule has 49 heavy (non-hydrogen) atoms. The standard InChI is InChI=1S/C18H15OP.2C11H6F2N.Ir/c19-17-13-7-8-14-18(17)20(15-9-3-1-4-10-15)16-11-5-2-6-12-16;2*12-8-4-5-9(10(13)7-8)11-3-1-2-6-14-11;/h1-14,19H;2*1-4,6-7H;/q;2*-1;/p+1. The van der Waals surface area contributed by atoms with Crippen LogP contribution in [0.25, 0.3) is 22.5 Å². The molecule has 3 nitrogen and oxygen atoms in total. The Morgan fingerprint density at radius 1 is 0.510 bits per heavy atom. The number of para-hydroxylation sites is 1. The van der Waals surface area contributed by atoms with Crippen LogP contribution in [-0.4, -0.2) is 15.1 Å². The van der Waals surface area contributed by atoms with E-state index in [1.165, 1.54) is 10.6 Å². The zero-order chi connectivity index (χ0) is 33.7. The van der Waals surface area contributed by atoms with Crippen molar-refractivity contribution in [1.82, 2.24) is 9.97 Å². The molecule has 0 fully saturated rings. The van der Waals surface area contributed by atoms with E-state index in [0.717, 1.165) is 29.6 Å². The van der Waals surface area contributed by atoms with E-state index in [4.69, 9.17) is 0 Å². The van der Waals surface area contributed by atoms with Gasteiger partial charge in [-0.1, -0.05) is 96.1 Å². The molecular weight excluding hydrogens is 824 g/mol. The fourth-order valence-corrected chi connectivity index (χ4v) is 7.29. The quantitative estimate of drug-likeness (QED) is 0.107. The first-order chi connectivity index (χ1) is 23.4. The van der Waals surface area contributed by atoms with Crippen LogP contribution in [0.3, 0.4) is 0 Å². The SMILES string of the molecule is Fc1c[c-]c(-c2ccccn2)c(F)c1.Fc1c[c-]c(-c2ccccn2)c(F)c1.Oc1ccccc1[PH+](c1ccccc1)c1ccccc1.[Ir]. The predicted octanol–water partition coefficient (Wildman–Crippen LogP) is 8.53. The molecule has 0 unspecified atom stereocenters. The van der Waals surface area contributed by atoms with Crippen molar-refractivity contribution in [3.8, 4) is 28.3 Å². The second-order valence-electron chi connectivity index (χ2n) is 10.1. The average Bonchev–Trinajstić information content (AvgIpc) is 3.12. The second-order valence-corrected chi connectivity index (χ2v) is 12.6. The van der Waals surface area contributed by atoms with Crippen molar-refractivity contribution in [3.05, 3.63) is 193 Å². The molecule has 5 aromatic carbocycles. The van der Waals surface area contributed by atoms with Crippen molar-refractivity contribution in [1.29, 1.82) is 0 Å². The maximum Gasteiger partial charge on any atom is 0.158 e. The van der Waals surface area contributed by atoms with Gasteiger partial charge in [0.15, 0.2) is 5.75 Å². The largest absolute Gasteiger partial charge is 0.504 e. The summed E-state index contributed by atoms with van der Waals surface area (Å²) in [6.45, 7) is 0. The minimum absolute atomic E-state index is 0. The number of phenols is 1. The number of phenolic OH excluding ortho intramolecular Hbond substituents is 1. The van der Waals surface area contributed by atoms with Crippen LogP contribution in [0, 0.1) is 35.4 Å². The molecule has 0 aliphatic rings. The molecule has 0 spiro atoms. The van der Waals surface area contributed by atoms with Crippen molar-refractivity contribution in [3.63, 3.8) is 0 Å². The molecule has 7 aromatic rings. The Labute approximate surface area is 297 Å². The third-order valence-corrected chi connectivity index (χ3v) is 9.64. The molecule has 9 heteroatoms. The van der Waals surface area contributed by atoms with Gasteiger partial charge in [-0.3, -0.25) is 17.6 Å². The van der Waals surface area contributed by atoms with Crippen molar-refractivity contribution in [2.75, 3.05) is 0 Å². The summed E-state index contributed by atoms with van der Waals surface area (Å²) in [6.07, 6.45) is 3.10. The summed E-state index contributed by atoms with van der Waals surface area (Å²) in [5.41, 5.74) is 1.27. The summed E-state index contributed by atoms with van der Waals surface area (Å²) < 4.78 is 51.6. The molecule has 0 bridgehead atoms. The first kappa shape index (κ1) is 36.8. The van der Waals surface area contributed by atoms with E-state index in [0.29, 0.717) is 17.1 Å². The maximum absolute atomic E-state index is 13.2. The van der Waals surface area contributed by atoms with Crippen LogP contribution in [-0.2, 0) is 20.1 Å². The number of benzene rings is 5. The van der Waals surface area contributed by atoms with Crippen molar-refractivity contribution in [2.24, 2.45) is 0 Å². The Morgan fingerprint density at radius 3 is 1.31 bits per heavy atom. The number of nitrogens with zero attached hydrogens (tertiary/aromatic N) is 2. The number of hydrogen-bond acceptors (Lipinski definition) is 3. The van der Waals surface area contributed by atoms with Gasteiger partial charge in [-0.15, -0.1) is 24.3 Å². The Kier molecular flexibility index (Phi) is 13.9. The first-order valence-corrected chi connectivity index (χ1v) is 16.2. The minimum atomic E-state index is -1.16. The third kappa shape index (κ3) is 10.2.